The molecular formula is C14H25N3S. The van der Waals surface area contributed by atoms with Crippen molar-refractivity contribution in [3.63, 3.8) is 0 Å². The number of piperidine rings is 1. The second kappa shape index (κ2) is 7.24. The molecule has 0 aromatic carbocycles. The Hall–Kier alpha value is -0.420. The molecule has 2 rings (SSSR count). The first-order valence-electron chi connectivity index (χ1n) is 6.88. The molecule has 0 spiro atoms. The molecule has 3 nitrogen and oxygen atoms in total. The van der Waals surface area contributed by atoms with Gasteiger partial charge in [-0.15, -0.1) is 11.3 Å². The molecule has 2 heterocycles. The predicted molar refractivity (Wildman–Crippen MR) is 79.2 cm³/mol. The van der Waals surface area contributed by atoms with E-state index in [0.29, 0.717) is 6.04 Å². The third-order valence-corrected chi connectivity index (χ3v) is 4.64. The van der Waals surface area contributed by atoms with Gasteiger partial charge in [0.2, 0.25) is 0 Å². The summed E-state index contributed by atoms with van der Waals surface area (Å²) >= 11 is 1.85. The minimum Gasteiger partial charge on any atom is -0.316 e. The SMILES string of the molecule is CN(C)C(CNCC1CCCNC1)c1cccs1. The third kappa shape index (κ3) is 4.05. The van der Waals surface area contributed by atoms with Crippen LogP contribution in [0.4, 0.5) is 0 Å². The minimum absolute atomic E-state index is 0.501. The second-order valence-corrected chi connectivity index (χ2v) is 6.34. The zero-order valence-corrected chi connectivity index (χ0v) is 12.3. The van der Waals surface area contributed by atoms with E-state index in [2.05, 4.69) is 47.1 Å². The summed E-state index contributed by atoms with van der Waals surface area (Å²) in [5, 5.41) is 9.29. The summed E-state index contributed by atoms with van der Waals surface area (Å²) in [6.07, 6.45) is 2.69. The van der Waals surface area contributed by atoms with E-state index in [1.807, 2.05) is 11.3 Å². The summed E-state index contributed by atoms with van der Waals surface area (Å²) in [6, 6.07) is 4.88. The maximum Gasteiger partial charge on any atom is 0.0561 e. The Morgan fingerprint density at radius 3 is 3.06 bits per heavy atom. The summed E-state index contributed by atoms with van der Waals surface area (Å²) in [5.41, 5.74) is 0. The molecular weight excluding hydrogens is 242 g/mol. The smallest absolute Gasteiger partial charge is 0.0561 e. The quantitative estimate of drug-likeness (QED) is 0.825. The number of rotatable bonds is 6. The van der Waals surface area contributed by atoms with Crippen LogP contribution in [0.1, 0.15) is 23.8 Å². The van der Waals surface area contributed by atoms with Crippen LogP contribution in [0.3, 0.4) is 0 Å². The standard InChI is InChI=1S/C14H25N3S/c1-17(2)13(14-6-4-8-18-14)11-16-10-12-5-3-7-15-9-12/h4,6,8,12-13,15-16H,3,5,7,9-11H2,1-2H3. The van der Waals surface area contributed by atoms with Gasteiger partial charge in [0.05, 0.1) is 6.04 Å². The van der Waals surface area contributed by atoms with Crippen molar-refractivity contribution in [2.45, 2.75) is 18.9 Å². The van der Waals surface area contributed by atoms with E-state index in [1.165, 1.54) is 30.8 Å². The lowest BCUT2D eigenvalue weighted by atomic mass is 10.00. The van der Waals surface area contributed by atoms with Crippen molar-refractivity contribution in [1.29, 1.82) is 0 Å². The molecule has 102 valence electrons. The maximum absolute atomic E-state index is 3.65. The number of nitrogens with one attached hydrogen (secondary N) is 2. The van der Waals surface area contributed by atoms with Gasteiger partial charge in [0.1, 0.15) is 0 Å². The molecule has 2 atom stereocenters. The highest BCUT2D eigenvalue weighted by molar-refractivity contribution is 7.10. The van der Waals surface area contributed by atoms with Crippen LogP contribution in [-0.4, -0.2) is 45.2 Å². The minimum atomic E-state index is 0.501. The van der Waals surface area contributed by atoms with E-state index < -0.39 is 0 Å². The fraction of sp³-hybridized carbons (Fsp3) is 0.714. The molecule has 0 radical (unpaired) electrons. The molecule has 0 bridgehead atoms. The molecule has 0 aliphatic carbocycles. The fourth-order valence-corrected chi connectivity index (χ4v) is 3.46. The molecule has 1 saturated heterocycles. The Labute approximate surface area is 115 Å². The van der Waals surface area contributed by atoms with Crippen molar-refractivity contribution in [2.75, 3.05) is 40.3 Å². The van der Waals surface area contributed by atoms with Gasteiger partial charge in [-0.3, -0.25) is 0 Å². The summed E-state index contributed by atoms with van der Waals surface area (Å²) < 4.78 is 0. The zero-order valence-electron chi connectivity index (χ0n) is 11.5. The van der Waals surface area contributed by atoms with E-state index in [-0.39, 0.29) is 0 Å². The highest BCUT2D eigenvalue weighted by Crippen LogP contribution is 2.22. The number of thiophene rings is 1. The van der Waals surface area contributed by atoms with E-state index in [9.17, 15) is 0 Å². The molecule has 0 saturated carbocycles. The Kier molecular flexibility index (Phi) is 5.63. The van der Waals surface area contributed by atoms with Gasteiger partial charge in [0, 0.05) is 11.4 Å². The molecule has 1 aliphatic heterocycles. The first-order chi connectivity index (χ1) is 8.77. The molecule has 1 aliphatic rings. The molecule has 18 heavy (non-hydrogen) atoms. The van der Waals surface area contributed by atoms with Crippen LogP contribution in [0.5, 0.6) is 0 Å². The van der Waals surface area contributed by atoms with Crippen molar-refractivity contribution in [2.24, 2.45) is 5.92 Å². The number of hydrogen-bond acceptors (Lipinski definition) is 4. The predicted octanol–water partition coefficient (Wildman–Crippen LogP) is 1.94. The summed E-state index contributed by atoms with van der Waals surface area (Å²) in [5.74, 6) is 0.810. The van der Waals surface area contributed by atoms with Crippen LogP contribution in [0, 0.1) is 5.92 Å². The number of hydrogen-bond donors (Lipinski definition) is 2. The average Bonchev–Trinajstić information content (AvgIpc) is 2.89. The fourth-order valence-electron chi connectivity index (χ4n) is 2.54. The van der Waals surface area contributed by atoms with Crippen molar-refractivity contribution >= 4 is 11.3 Å². The molecule has 2 unspecified atom stereocenters. The van der Waals surface area contributed by atoms with E-state index in [0.717, 1.165) is 19.0 Å². The Morgan fingerprint density at radius 1 is 1.56 bits per heavy atom. The first-order valence-corrected chi connectivity index (χ1v) is 7.76. The van der Waals surface area contributed by atoms with Gasteiger partial charge in [-0.2, -0.15) is 0 Å². The molecule has 1 aromatic heterocycles. The second-order valence-electron chi connectivity index (χ2n) is 5.37. The average molecular weight is 267 g/mol. The lowest BCUT2D eigenvalue weighted by Crippen LogP contribution is -2.38. The van der Waals surface area contributed by atoms with E-state index >= 15 is 0 Å². The van der Waals surface area contributed by atoms with Gasteiger partial charge in [0.15, 0.2) is 0 Å². The van der Waals surface area contributed by atoms with E-state index in [1.54, 1.807) is 0 Å². The van der Waals surface area contributed by atoms with E-state index in [4.69, 9.17) is 0 Å². The van der Waals surface area contributed by atoms with Gasteiger partial charge < -0.3 is 15.5 Å². The van der Waals surface area contributed by atoms with Gasteiger partial charge in [0.25, 0.3) is 0 Å². The Bertz CT molecular complexity index is 318. The van der Waals surface area contributed by atoms with Crippen LogP contribution < -0.4 is 10.6 Å². The van der Waals surface area contributed by atoms with Crippen LogP contribution in [0.2, 0.25) is 0 Å². The van der Waals surface area contributed by atoms with Crippen LogP contribution in [0.15, 0.2) is 17.5 Å². The zero-order chi connectivity index (χ0) is 12.8. The first kappa shape index (κ1) is 14.0. The highest BCUT2D eigenvalue weighted by Gasteiger charge is 2.16. The van der Waals surface area contributed by atoms with Crippen LogP contribution in [-0.2, 0) is 0 Å². The van der Waals surface area contributed by atoms with Gasteiger partial charge in [-0.1, -0.05) is 6.07 Å². The Morgan fingerprint density at radius 2 is 2.44 bits per heavy atom. The summed E-state index contributed by atoms with van der Waals surface area (Å²) in [6.45, 7) is 4.57. The monoisotopic (exact) mass is 267 g/mol. The van der Waals surface area contributed by atoms with Crippen molar-refractivity contribution < 1.29 is 0 Å². The topological polar surface area (TPSA) is 27.3 Å². The lowest BCUT2D eigenvalue weighted by molar-refractivity contribution is 0.279. The van der Waals surface area contributed by atoms with Crippen molar-refractivity contribution in [3.8, 4) is 0 Å². The normalized spacial score (nSPS) is 22.3. The third-order valence-electron chi connectivity index (χ3n) is 3.66. The largest absolute Gasteiger partial charge is 0.316 e. The van der Waals surface area contributed by atoms with Crippen molar-refractivity contribution in [3.05, 3.63) is 22.4 Å². The van der Waals surface area contributed by atoms with Crippen LogP contribution in [0.25, 0.3) is 0 Å². The van der Waals surface area contributed by atoms with Crippen LogP contribution >= 0.6 is 11.3 Å². The molecule has 0 amide bonds. The molecule has 1 aromatic rings. The van der Waals surface area contributed by atoms with Gasteiger partial charge in [-0.25, -0.2) is 0 Å². The summed E-state index contributed by atoms with van der Waals surface area (Å²) in [7, 11) is 4.32. The lowest BCUT2D eigenvalue weighted by Gasteiger charge is -2.27. The number of likely N-dealkylation sites (N-methyl/N-ethyl adjacent to an activating group) is 1. The molecule has 2 N–H and O–H groups in total. The molecule has 1 fully saturated rings. The Balaban J connectivity index is 1.76. The summed E-state index contributed by atoms with van der Waals surface area (Å²) in [4.78, 5) is 3.76. The highest BCUT2D eigenvalue weighted by atomic mass is 32.1. The number of nitrogens with zero attached hydrogens (tertiary/aromatic N) is 1. The van der Waals surface area contributed by atoms with Crippen molar-refractivity contribution in [1.82, 2.24) is 15.5 Å². The van der Waals surface area contributed by atoms with Gasteiger partial charge in [-0.05, 0) is 63.9 Å². The van der Waals surface area contributed by atoms with Gasteiger partial charge >= 0.3 is 0 Å². The molecule has 4 heteroatoms. The maximum atomic E-state index is 3.65.